The predicted molar refractivity (Wildman–Crippen MR) is 74.9 cm³/mol. The molecule has 0 aliphatic carbocycles. The van der Waals surface area contributed by atoms with Gasteiger partial charge in [-0.25, -0.2) is 4.98 Å². The molecule has 0 aliphatic heterocycles. The van der Waals surface area contributed by atoms with Gasteiger partial charge in [-0.05, 0) is 24.3 Å². The molecule has 4 heteroatoms. The van der Waals surface area contributed by atoms with Crippen molar-refractivity contribution in [2.75, 3.05) is 12.4 Å². The number of hydrogen-bond donors (Lipinski definition) is 1. The molecule has 0 unspecified atom stereocenters. The average molecular weight is 254 g/mol. The quantitative estimate of drug-likeness (QED) is 0.853. The molecule has 1 N–H and O–H groups in total. The second kappa shape index (κ2) is 6.35. The third-order valence-corrected chi connectivity index (χ3v) is 2.47. The molecular weight excluding hydrogens is 240 g/mol. The first kappa shape index (κ1) is 12.8. The van der Waals surface area contributed by atoms with E-state index in [2.05, 4.69) is 10.3 Å². The Labute approximate surface area is 111 Å². The zero-order valence-corrected chi connectivity index (χ0v) is 10.5. The highest BCUT2D eigenvalue weighted by molar-refractivity contribution is 6.01. The van der Waals surface area contributed by atoms with Gasteiger partial charge in [0.25, 0.3) is 0 Å². The normalized spacial score (nSPS) is 10.4. The van der Waals surface area contributed by atoms with E-state index >= 15 is 0 Å². The maximum Gasteiger partial charge on any atom is 0.249 e. The first-order valence-electron chi connectivity index (χ1n) is 5.83. The standard InChI is InChI=1S/C15H14N2O2/c1-19-13-7-3-2-6-12(13)9-10-15(18)17-14-8-4-5-11-16-14/h2-11H,1H3,(H,16,17,18)/b10-9-. The number of aromatic nitrogens is 1. The van der Waals surface area contributed by atoms with Gasteiger partial charge in [0, 0.05) is 17.8 Å². The molecule has 2 aromatic rings. The minimum Gasteiger partial charge on any atom is -0.496 e. The van der Waals surface area contributed by atoms with E-state index in [1.165, 1.54) is 6.08 Å². The van der Waals surface area contributed by atoms with Crippen LogP contribution in [0, 0.1) is 0 Å². The van der Waals surface area contributed by atoms with Crippen molar-refractivity contribution in [3.8, 4) is 5.75 Å². The van der Waals surface area contributed by atoms with Crippen LogP contribution in [0.25, 0.3) is 6.08 Å². The van der Waals surface area contributed by atoms with Crippen LogP contribution in [0.2, 0.25) is 0 Å². The van der Waals surface area contributed by atoms with Gasteiger partial charge in [0.2, 0.25) is 5.91 Å². The minimum atomic E-state index is -0.232. The lowest BCUT2D eigenvalue weighted by molar-refractivity contribution is -0.111. The van der Waals surface area contributed by atoms with Crippen molar-refractivity contribution < 1.29 is 9.53 Å². The zero-order valence-electron chi connectivity index (χ0n) is 10.5. The summed E-state index contributed by atoms with van der Waals surface area (Å²) in [6, 6.07) is 12.8. The van der Waals surface area contributed by atoms with Crippen LogP contribution in [-0.2, 0) is 4.79 Å². The zero-order chi connectivity index (χ0) is 13.5. The number of carbonyl (C=O) groups excluding carboxylic acids is 1. The van der Waals surface area contributed by atoms with E-state index in [1.54, 1.807) is 31.5 Å². The molecule has 1 heterocycles. The largest absolute Gasteiger partial charge is 0.496 e. The third-order valence-electron chi connectivity index (χ3n) is 2.47. The Balaban J connectivity index is 2.04. The van der Waals surface area contributed by atoms with Gasteiger partial charge in [0.1, 0.15) is 11.6 Å². The molecule has 19 heavy (non-hydrogen) atoms. The Kier molecular flexibility index (Phi) is 4.29. The summed E-state index contributed by atoms with van der Waals surface area (Å²) in [7, 11) is 1.60. The molecule has 0 spiro atoms. The van der Waals surface area contributed by atoms with Crippen LogP contribution in [0.15, 0.2) is 54.7 Å². The Morgan fingerprint density at radius 3 is 2.74 bits per heavy atom. The van der Waals surface area contributed by atoms with E-state index in [9.17, 15) is 4.79 Å². The highest BCUT2D eigenvalue weighted by Crippen LogP contribution is 2.18. The molecule has 0 atom stereocenters. The fourth-order valence-corrected chi connectivity index (χ4v) is 1.57. The predicted octanol–water partition coefficient (Wildman–Crippen LogP) is 2.74. The minimum absolute atomic E-state index is 0.232. The molecule has 1 aromatic heterocycles. The van der Waals surface area contributed by atoms with Crippen LogP contribution in [0.3, 0.4) is 0 Å². The maximum atomic E-state index is 11.7. The van der Waals surface area contributed by atoms with E-state index in [-0.39, 0.29) is 5.91 Å². The summed E-state index contributed by atoms with van der Waals surface area (Å²) in [6.07, 6.45) is 4.78. The number of ether oxygens (including phenoxy) is 1. The first-order valence-corrected chi connectivity index (χ1v) is 5.83. The van der Waals surface area contributed by atoms with Crippen molar-refractivity contribution in [1.82, 2.24) is 4.98 Å². The van der Waals surface area contributed by atoms with Crippen molar-refractivity contribution in [2.24, 2.45) is 0 Å². The summed E-state index contributed by atoms with van der Waals surface area (Å²) >= 11 is 0. The van der Waals surface area contributed by atoms with Crippen molar-refractivity contribution in [1.29, 1.82) is 0 Å². The lowest BCUT2D eigenvalue weighted by atomic mass is 10.2. The Morgan fingerprint density at radius 2 is 2.00 bits per heavy atom. The number of carbonyl (C=O) groups is 1. The maximum absolute atomic E-state index is 11.7. The molecule has 0 aliphatic rings. The molecule has 1 aromatic carbocycles. The van der Waals surface area contributed by atoms with Gasteiger partial charge < -0.3 is 10.1 Å². The Bertz CT molecular complexity index is 580. The molecule has 0 fully saturated rings. The smallest absolute Gasteiger partial charge is 0.249 e. The molecule has 0 radical (unpaired) electrons. The van der Waals surface area contributed by atoms with E-state index < -0.39 is 0 Å². The fourth-order valence-electron chi connectivity index (χ4n) is 1.57. The number of pyridine rings is 1. The van der Waals surface area contributed by atoms with E-state index in [1.807, 2.05) is 30.3 Å². The number of benzene rings is 1. The van der Waals surface area contributed by atoms with Crippen LogP contribution in [0.5, 0.6) is 5.75 Å². The van der Waals surface area contributed by atoms with Crippen LogP contribution >= 0.6 is 0 Å². The van der Waals surface area contributed by atoms with Gasteiger partial charge in [0.15, 0.2) is 0 Å². The molecule has 2 rings (SSSR count). The number of hydrogen-bond acceptors (Lipinski definition) is 3. The molecule has 96 valence electrons. The van der Waals surface area contributed by atoms with E-state index in [4.69, 9.17) is 4.74 Å². The van der Waals surface area contributed by atoms with E-state index in [0.29, 0.717) is 5.82 Å². The topological polar surface area (TPSA) is 51.2 Å². The molecular formula is C15H14N2O2. The van der Waals surface area contributed by atoms with Crippen molar-refractivity contribution in [3.63, 3.8) is 0 Å². The lowest BCUT2D eigenvalue weighted by Crippen LogP contribution is -2.08. The van der Waals surface area contributed by atoms with Gasteiger partial charge in [-0.2, -0.15) is 0 Å². The van der Waals surface area contributed by atoms with Crippen molar-refractivity contribution >= 4 is 17.8 Å². The summed E-state index contributed by atoms with van der Waals surface area (Å²) in [5.41, 5.74) is 0.848. The van der Waals surface area contributed by atoms with Crippen molar-refractivity contribution in [2.45, 2.75) is 0 Å². The third kappa shape index (κ3) is 3.67. The number of anilines is 1. The van der Waals surface area contributed by atoms with Crippen LogP contribution < -0.4 is 10.1 Å². The molecule has 0 saturated heterocycles. The number of nitrogens with one attached hydrogen (secondary N) is 1. The molecule has 4 nitrogen and oxygen atoms in total. The second-order valence-electron chi connectivity index (χ2n) is 3.78. The van der Waals surface area contributed by atoms with Gasteiger partial charge in [-0.15, -0.1) is 0 Å². The van der Waals surface area contributed by atoms with Gasteiger partial charge in [-0.1, -0.05) is 24.3 Å². The van der Waals surface area contributed by atoms with Gasteiger partial charge >= 0.3 is 0 Å². The molecule has 0 bridgehead atoms. The van der Waals surface area contributed by atoms with Crippen LogP contribution in [0.1, 0.15) is 5.56 Å². The first-order chi connectivity index (χ1) is 9.29. The van der Waals surface area contributed by atoms with Crippen LogP contribution in [0.4, 0.5) is 5.82 Å². The second-order valence-corrected chi connectivity index (χ2v) is 3.78. The van der Waals surface area contributed by atoms with Gasteiger partial charge in [-0.3, -0.25) is 4.79 Å². The average Bonchev–Trinajstić information content (AvgIpc) is 2.46. The van der Waals surface area contributed by atoms with Gasteiger partial charge in [0.05, 0.1) is 7.11 Å². The summed E-state index contributed by atoms with van der Waals surface area (Å²) < 4.78 is 5.20. The summed E-state index contributed by atoms with van der Waals surface area (Å²) in [5, 5.41) is 2.67. The summed E-state index contributed by atoms with van der Waals surface area (Å²) in [5.74, 6) is 1.02. The highest BCUT2D eigenvalue weighted by atomic mass is 16.5. The summed E-state index contributed by atoms with van der Waals surface area (Å²) in [6.45, 7) is 0. The Morgan fingerprint density at radius 1 is 1.21 bits per heavy atom. The number of nitrogens with zero attached hydrogens (tertiary/aromatic N) is 1. The Hall–Kier alpha value is -2.62. The number of para-hydroxylation sites is 1. The van der Waals surface area contributed by atoms with E-state index in [0.717, 1.165) is 11.3 Å². The number of amides is 1. The number of methoxy groups -OCH3 is 1. The molecule has 1 amide bonds. The van der Waals surface area contributed by atoms with Crippen LogP contribution in [-0.4, -0.2) is 18.0 Å². The number of rotatable bonds is 4. The SMILES string of the molecule is COc1ccccc1/C=C\C(=O)Nc1ccccn1. The fraction of sp³-hybridized carbons (Fsp3) is 0.0667. The molecule has 0 saturated carbocycles. The summed E-state index contributed by atoms with van der Waals surface area (Å²) in [4.78, 5) is 15.7. The lowest BCUT2D eigenvalue weighted by Gasteiger charge is -2.03. The highest BCUT2D eigenvalue weighted by Gasteiger charge is 2.00. The van der Waals surface area contributed by atoms with Crippen molar-refractivity contribution in [3.05, 3.63) is 60.3 Å². The monoisotopic (exact) mass is 254 g/mol.